The van der Waals surface area contributed by atoms with Crippen molar-refractivity contribution in [3.05, 3.63) is 42.2 Å². The molecule has 1 radical (unpaired) electrons. The lowest BCUT2D eigenvalue weighted by Gasteiger charge is -1.99. The van der Waals surface area contributed by atoms with Crippen molar-refractivity contribution in [3.63, 3.8) is 0 Å². The van der Waals surface area contributed by atoms with Gasteiger partial charge in [-0.15, -0.1) is 0 Å². The summed E-state index contributed by atoms with van der Waals surface area (Å²) in [6, 6.07) is 10.6. The molecule has 0 aromatic heterocycles. The Morgan fingerprint density at radius 2 is 1.92 bits per heavy atom. The Hall–Kier alpha value is -0.0800. The molecule has 0 atom stereocenters. The van der Waals surface area contributed by atoms with Crippen molar-refractivity contribution in [2.45, 2.75) is 6.42 Å². The van der Waals surface area contributed by atoms with Crippen LogP contribution in [0.25, 0.3) is 0 Å². The summed E-state index contributed by atoms with van der Waals surface area (Å²) in [5.74, 6) is 1.20. The van der Waals surface area contributed by atoms with Crippen LogP contribution in [-0.4, -0.2) is 10.8 Å². The van der Waals surface area contributed by atoms with Crippen LogP contribution in [0, 0.1) is 6.26 Å². The highest BCUT2D eigenvalue weighted by Gasteiger charge is 1.90. The molecule has 0 N–H and O–H groups in total. The molecule has 0 unspecified atom stereocenters. The van der Waals surface area contributed by atoms with E-state index in [2.05, 4.69) is 36.6 Å². The number of benzene rings is 1. The average molecular weight is 197 g/mol. The Morgan fingerprint density at radius 1 is 1.17 bits per heavy atom. The second-order valence-corrected chi connectivity index (χ2v) is 4.63. The van der Waals surface area contributed by atoms with E-state index in [1.807, 2.05) is 11.8 Å². The Morgan fingerprint density at radius 3 is 2.58 bits per heavy atom. The molecular formula is C10H13S2. The molecule has 1 aromatic rings. The molecule has 0 aliphatic carbocycles. The molecule has 2 heteroatoms. The minimum absolute atomic E-state index is 1.10. The summed E-state index contributed by atoms with van der Waals surface area (Å²) < 4.78 is 0. The Kier molecular flexibility index (Phi) is 5.37. The lowest BCUT2D eigenvalue weighted by Crippen LogP contribution is -1.87. The number of aryl methyl sites for hydroxylation is 1. The number of rotatable bonds is 5. The molecule has 1 rings (SSSR count). The van der Waals surface area contributed by atoms with Crippen LogP contribution >= 0.6 is 23.5 Å². The first-order valence-corrected chi connectivity index (χ1v) is 6.23. The minimum atomic E-state index is 1.10. The zero-order valence-electron chi connectivity index (χ0n) is 7.03. The lowest BCUT2D eigenvalue weighted by molar-refractivity contribution is 1.16. The Bertz CT molecular complexity index is 196. The van der Waals surface area contributed by atoms with Crippen molar-refractivity contribution in [1.82, 2.24) is 0 Å². The lowest BCUT2D eigenvalue weighted by atomic mass is 10.2. The molecule has 65 valence electrons. The van der Waals surface area contributed by atoms with E-state index in [1.165, 1.54) is 17.7 Å². The first kappa shape index (κ1) is 10.0. The van der Waals surface area contributed by atoms with Crippen LogP contribution in [0.2, 0.25) is 0 Å². The van der Waals surface area contributed by atoms with Crippen molar-refractivity contribution < 1.29 is 0 Å². The third kappa shape index (κ3) is 4.07. The summed E-state index contributed by atoms with van der Waals surface area (Å²) in [6.45, 7) is 0. The van der Waals surface area contributed by atoms with Crippen LogP contribution in [0.5, 0.6) is 0 Å². The molecule has 1 aromatic carbocycles. The standard InChI is InChI=1S/C10H13S2/c1-11-9-12-8-7-10-5-3-2-4-6-10/h2-6H,1,7-9H2. The van der Waals surface area contributed by atoms with Crippen molar-refractivity contribution in [1.29, 1.82) is 0 Å². The van der Waals surface area contributed by atoms with Crippen molar-refractivity contribution in [3.8, 4) is 0 Å². The van der Waals surface area contributed by atoms with E-state index in [4.69, 9.17) is 0 Å². The molecule has 0 fully saturated rings. The fourth-order valence-electron chi connectivity index (χ4n) is 0.953. The second-order valence-electron chi connectivity index (χ2n) is 2.47. The predicted molar refractivity (Wildman–Crippen MR) is 60.4 cm³/mol. The van der Waals surface area contributed by atoms with Gasteiger partial charge in [0.05, 0.1) is 0 Å². The molecular weight excluding hydrogens is 184 g/mol. The SMILES string of the molecule is [CH2]SCSCCc1ccccc1. The largest absolute Gasteiger partial charge is 0.151 e. The number of thioether (sulfide) groups is 2. The molecule has 0 amide bonds. The zero-order valence-corrected chi connectivity index (χ0v) is 8.66. The fraction of sp³-hybridized carbons (Fsp3) is 0.300. The quantitative estimate of drug-likeness (QED) is 0.524. The van der Waals surface area contributed by atoms with Gasteiger partial charge in [0.15, 0.2) is 0 Å². The molecule has 0 aliphatic heterocycles. The van der Waals surface area contributed by atoms with Crippen LogP contribution in [0.1, 0.15) is 5.56 Å². The number of hydrogen-bond acceptors (Lipinski definition) is 2. The van der Waals surface area contributed by atoms with E-state index in [0.717, 1.165) is 5.08 Å². The zero-order chi connectivity index (χ0) is 8.65. The van der Waals surface area contributed by atoms with Gasteiger partial charge in [-0.05, 0) is 17.7 Å². The van der Waals surface area contributed by atoms with E-state index >= 15 is 0 Å². The van der Waals surface area contributed by atoms with Gasteiger partial charge in [-0.2, -0.15) is 23.5 Å². The summed E-state index contributed by atoms with van der Waals surface area (Å²) >= 11 is 3.60. The summed E-state index contributed by atoms with van der Waals surface area (Å²) in [5.41, 5.74) is 1.43. The van der Waals surface area contributed by atoms with E-state index in [1.54, 1.807) is 11.8 Å². The first-order chi connectivity index (χ1) is 5.93. The van der Waals surface area contributed by atoms with Gasteiger partial charge in [0.2, 0.25) is 0 Å². The van der Waals surface area contributed by atoms with Gasteiger partial charge in [0.1, 0.15) is 0 Å². The monoisotopic (exact) mass is 197 g/mol. The smallest absolute Gasteiger partial charge is 0.0392 e. The second kappa shape index (κ2) is 6.44. The van der Waals surface area contributed by atoms with Crippen molar-refractivity contribution in [2.75, 3.05) is 10.8 Å². The summed E-state index contributed by atoms with van der Waals surface area (Å²) in [7, 11) is 0. The maximum atomic E-state index is 3.73. The van der Waals surface area contributed by atoms with E-state index in [0.29, 0.717) is 0 Å². The third-order valence-corrected chi connectivity index (χ3v) is 3.37. The van der Waals surface area contributed by atoms with Crippen molar-refractivity contribution in [2.24, 2.45) is 0 Å². The molecule has 0 aliphatic rings. The van der Waals surface area contributed by atoms with Gasteiger partial charge in [-0.1, -0.05) is 30.3 Å². The van der Waals surface area contributed by atoms with Crippen LogP contribution in [0.15, 0.2) is 30.3 Å². The molecule has 0 spiro atoms. The van der Waals surface area contributed by atoms with Gasteiger partial charge in [-0.3, -0.25) is 0 Å². The summed E-state index contributed by atoms with van der Waals surface area (Å²) in [6.07, 6.45) is 4.90. The van der Waals surface area contributed by atoms with Crippen molar-refractivity contribution >= 4 is 23.5 Å². The maximum Gasteiger partial charge on any atom is 0.0392 e. The van der Waals surface area contributed by atoms with E-state index in [-0.39, 0.29) is 0 Å². The highest BCUT2D eigenvalue weighted by Crippen LogP contribution is 2.12. The highest BCUT2D eigenvalue weighted by molar-refractivity contribution is 8.16. The minimum Gasteiger partial charge on any atom is -0.151 e. The normalized spacial score (nSPS) is 10.1. The van der Waals surface area contributed by atoms with Gasteiger partial charge in [0.25, 0.3) is 0 Å². The average Bonchev–Trinajstić information content (AvgIpc) is 2.14. The molecule has 12 heavy (non-hydrogen) atoms. The molecule has 0 saturated heterocycles. The predicted octanol–water partition coefficient (Wildman–Crippen LogP) is 3.44. The van der Waals surface area contributed by atoms with Gasteiger partial charge < -0.3 is 0 Å². The van der Waals surface area contributed by atoms with Crippen LogP contribution < -0.4 is 0 Å². The van der Waals surface area contributed by atoms with E-state index in [9.17, 15) is 0 Å². The first-order valence-electron chi connectivity index (χ1n) is 3.92. The Labute approximate surface area is 83.1 Å². The van der Waals surface area contributed by atoms with Crippen LogP contribution in [-0.2, 0) is 6.42 Å². The summed E-state index contributed by atoms with van der Waals surface area (Å²) in [5, 5.41) is 1.10. The van der Waals surface area contributed by atoms with E-state index < -0.39 is 0 Å². The molecule has 0 bridgehead atoms. The molecule has 0 heterocycles. The molecule has 0 saturated carbocycles. The van der Waals surface area contributed by atoms with Gasteiger partial charge in [-0.25, -0.2) is 0 Å². The maximum absolute atomic E-state index is 3.73. The highest BCUT2D eigenvalue weighted by atomic mass is 32.2. The van der Waals surface area contributed by atoms with Crippen LogP contribution in [0.4, 0.5) is 0 Å². The number of hydrogen-bond donors (Lipinski definition) is 0. The third-order valence-electron chi connectivity index (χ3n) is 1.54. The molecule has 0 nitrogen and oxygen atoms in total. The summed E-state index contributed by atoms with van der Waals surface area (Å²) in [4.78, 5) is 0. The van der Waals surface area contributed by atoms with Gasteiger partial charge in [0, 0.05) is 11.3 Å². The Balaban J connectivity index is 2.16. The van der Waals surface area contributed by atoms with Crippen LogP contribution in [0.3, 0.4) is 0 Å². The van der Waals surface area contributed by atoms with Gasteiger partial charge >= 0.3 is 0 Å². The topological polar surface area (TPSA) is 0 Å². The fourth-order valence-corrected chi connectivity index (χ4v) is 2.28.